The van der Waals surface area contributed by atoms with Crippen LogP contribution in [0.2, 0.25) is 0 Å². The smallest absolute Gasteiger partial charge is 0.236 e. The molecule has 1 aromatic carbocycles. The van der Waals surface area contributed by atoms with E-state index in [1.807, 2.05) is 4.90 Å². The lowest BCUT2D eigenvalue weighted by atomic mass is 10.1. The van der Waals surface area contributed by atoms with Gasteiger partial charge in [-0.3, -0.25) is 14.5 Å². The van der Waals surface area contributed by atoms with E-state index in [0.29, 0.717) is 11.8 Å². The Kier molecular flexibility index (Phi) is 5.97. The highest BCUT2D eigenvalue weighted by molar-refractivity contribution is 8.01. The van der Waals surface area contributed by atoms with E-state index in [9.17, 15) is 9.59 Å². The van der Waals surface area contributed by atoms with Crippen LogP contribution in [0.4, 0.5) is 0 Å². The van der Waals surface area contributed by atoms with Crippen molar-refractivity contribution in [2.24, 2.45) is 5.92 Å². The van der Waals surface area contributed by atoms with Crippen LogP contribution in [0.5, 0.6) is 0 Å². The molecule has 2 heterocycles. The highest BCUT2D eigenvalue weighted by atomic mass is 32.2. The topological polar surface area (TPSA) is 43.9 Å². The van der Waals surface area contributed by atoms with E-state index in [2.05, 4.69) is 47.9 Å². The molecule has 3 aliphatic rings. The normalized spacial score (nSPS) is 26.1. The van der Waals surface area contributed by atoms with Crippen LogP contribution in [0.25, 0.3) is 0 Å². The summed E-state index contributed by atoms with van der Waals surface area (Å²) >= 11 is 1.79. The molecule has 3 fully saturated rings. The average molecular weight is 402 g/mol. The number of carbonyl (C=O) groups excluding carboxylic acids is 2. The fraction of sp³-hybridized carbons (Fsp3) is 0.636. The Labute approximate surface area is 172 Å². The standard InChI is InChI=1S/C22H31N3O2S/c1-3-19-21(27)25(22(28-19)18-6-4-16(2)5-7-18)15-12-23-10-13-24(14-11-23)20(26)17-8-9-17/h4-7,17,19,22H,3,8-15H2,1-2H3/t19-,22-/m0/s1. The Morgan fingerprint density at radius 1 is 1.07 bits per heavy atom. The van der Waals surface area contributed by atoms with Gasteiger partial charge in [-0.2, -0.15) is 0 Å². The Hall–Kier alpha value is -1.53. The Morgan fingerprint density at radius 2 is 1.75 bits per heavy atom. The van der Waals surface area contributed by atoms with Crippen LogP contribution in [0.1, 0.15) is 42.7 Å². The quantitative estimate of drug-likeness (QED) is 0.735. The van der Waals surface area contributed by atoms with Gasteiger partial charge in [-0.25, -0.2) is 0 Å². The second-order valence-corrected chi connectivity index (χ2v) is 9.56. The molecule has 152 valence electrons. The first kappa shape index (κ1) is 19.8. The van der Waals surface area contributed by atoms with E-state index in [4.69, 9.17) is 0 Å². The summed E-state index contributed by atoms with van der Waals surface area (Å²) in [6, 6.07) is 8.59. The minimum absolute atomic E-state index is 0.0688. The molecule has 0 unspecified atom stereocenters. The summed E-state index contributed by atoms with van der Waals surface area (Å²) in [7, 11) is 0. The van der Waals surface area contributed by atoms with Crippen molar-refractivity contribution >= 4 is 23.6 Å². The predicted octanol–water partition coefficient (Wildman–Crippen LogP) is 2.90. The average Bonchev–Trinajstić information content (AvgIpc) is 3.51. The van der Waals surface area contributed by atoms with Crippen molar-refractivity contribution in [3.8, 4) is 0 Å². The number of aryl methyl sites for hydroxylation is 1. The molecule has 28 heavy (non-hydrogen) atoms. The fourth-order valence-electron chi connectivity index (χ4n) is 4.11. The molecule has 1 aromatic rings. The molecule has 0 aromatic heterocycles. The number of nitrogens with zero attached hydrogens (tertiary/aromatic N) is 3. The van der Waals surface area contributed by atoms with E-state index in [-0.39, 0.29) is 16.5 Å². The predicted molar refractivity (Wildman–Crippen MR) is 113 cm³/mol. The molecule has 2 amide bonds. The van der Waals surface area contributed by atoms with Gasteiger partial charge in [0.15, 0.2) is 0 Å². The van der Waals surface area contributed by atoms with E-state index in [0.717, 1.165) is 58.5 Å². The molecule has 0 radical (unpaired) electrons. The van der Waals surface area contributed by atoms with Gasteiger partial charge in [0, 0.05) is 45.2 Å². The number of hydrogen-bond donors (Lipinski definition) is 0. The number of carbonyl (C=O) groups is 2. The van der Waals surface area contributed by atoms with Crippen LogP contribution in [0.3, 0.4) is 0 Å². The number of piperazine rings is 1. The maximum atomic E-state index is 12.9. The molecule has 0 N–H and O–H groups in total. The first-order chi connectivity index (χ1) is 13.6. The van der Waals surface area contributed by atoms with Crippen molar-refractivity contribution in [2.45, 2.75) is 43.7 Å². The number of benzene rings is 1. The van der Waals surface area contributed by atoms with Crippen LogP contribution < -0.4 is 0 Å². The lowest BCUT2D eigenvalue weighted by Gasteiger charge is -2.36. The van der Waals surface area contributed by atoms with Crippen LogP contribution in [0, 0.1) is 12.8 Å². The maximum Gasteiger partial charge on any atom is 0.236 e. The van der Waals surface area contributed by atoms with Crippen molar-refractivity contribution in [2.75, 3.05) is 39.3 Å². The van der Waals surface area contributed by atoms with E-state index in [1.165, 1.54) is 11.1 Å². The molecule has 6 heteroatoms. The molecule has 2 aliphatic heterocycles. The van der Waals surface area contributed by atoms with E-state index < -0.39 is 0 Å². The van der Waals surface area contributed by atoms with Gasteiger partial charge >= 0.3 is 0 Å². The maximum absolute atomic E-state index is 12.9. The van der Waals surface area contributed by atoms with Gasteiger partial charge in [0.05, 0.1) is 5.25 Å². The number of thioether (sulfide) groups is 1. The lowest BCUT2D eigenvalue weighted by molar-refractivity contribution is -0.134. The lowest BCUT2D eigenvalue weighted by Crippen LogP contribution is -2.51. The number of rotatable bonds is 6. The zero-order valence-corrected chi connectivity index (χ0v) is 17.8. The summed E-state index contributed by atoms with van der Waals surface area (Å²) in [5, 5.41) is 0.190. The largest absolute Gasteiger partial charge is 0.340 e. The summed E-state index contributed by atoms with van der Waals surface area (Å²) in [5.41, 5.74) is 2.47. The molecule has 0 bridgehead atoms. The van der Waals surface area contributed by atoms with Crippen LogP contribution in [-0.4, -0.2) is 71.0 Å². The second kappa shape index (κ2) is 8.46. The molecular formula is C22H31N3O2S. The van der Waals surface area contributed by atoms with Gasteiger partial charge in [0.1, 0.15) is 5.37 Å². The summed E-state index contributed by atoms with van der Waals surface area (Å²) in [6.07, 6.45) is 3.03. The zero-order chi connectivity index (χ0) is 19.7. The van der Waals surface area contributed by atoms with E-state index in [1.54, 1.807) is 11.8 Å². The minimum atomic E-state index is 0.0688. The summed E-state index contributed by atoms with van der Waals surface area (Å²) in [6.45, 7) is 9.33. The van der Waals surface area contributed by atoms with Gasteiger partial charge < -0.3 is 9.80 Å². The third kappa shape index (κ3) is 4.23. The summed E-state index contributed by atoms with van der Waals surface area (Å²) in [5.74, 6) is 0.948. The minimum Gasteiger partial charge on any atom is -0.340 e. The molecule has 2 atom stereocenters. The Bertz CT molecular complexity index is 711. The Balaban J connectivity index is 1.34. The number of amides is 2. The van der Waals surface area contributed by atoms with E-state index >= 15 is 0 Å². The summed E-state index contributed by atoms with van der Waals surface area (Å²) < 4.78 is 0. The van der Waals surface area contributed by atoms with Crippen molar-refractivity contribution < 1.29 is 9.59 Å². The SMILES string of the molecule is CC[C@@H]1S[C@@H](c2ccc(C)cc2)N(CCN2CCN(C(=O)C3CC3)CC2)C1=O. The molecule has 0 spiro atoms. The molecule has 5 nitrogen and oxygen atoms in total. The summed E-state index contributed by atoms with van der Waals surface area (Å²) in [4.78, 5) is 31.7. The molecule has 1 aliphatic carbocycles. The molecule has 2 saturated heterocycles. The van der Waals surface area contributed by atoms with Gasteiger partial charge in [0.2, 0.25) is 11.8 Å². The van der Waals surface area contributed by atoms with Crippen molar-refractivity contribution in [3.05, 3.63) is 35.4 Å². The van der Waals surface area contributed by atoms with Gasteiger partial charge in [0.25, 0.3) is 0 Å². The first-order valence-electron chi connectivity index (χ1n) is 10.6. The second-order valence-electron chi connectivity index (χ2n) is 8.27. The van der Waals surface area contributed by atoms with Gasteiger partial charge in [-0.05, 0) is 31.7 Å². The van der Waals surface area contributed by atoms with Crippen LogP contribution in [-0.2, 0) is 9.59 Å². The number of hydrogen-bond acceptors (Lipinski definition) is 4. The monoisotopic (exact) mass is 401 g/mol. The van der Waals surface area contributed by atoms with Gasteiger partial charge in [-0.15, -0.1) is 11.8 Å². The zero-order valence-electron chi connectivity index (χ0n) is 17.0. The van der Waals surface area contributed by atoms with Gasteiger partial charge in [-0.1, -0.05) is 36.8 Å². The molecule has 1 saturated carbocycles. The highest BCUT2D eigenvalue weighted by Gasteiger charge is 2.40. The van der Waals surface area contributed by atoms with Crippen LogP contribution >= 0.6 is 11.8 Å². The van der Waals surface area contributed by atoms with Crippen LogP contribution in [0.15, 0.2) is 24.3 Å². The highest BCUT2D eigenvalue weighted by Crippen LogP contribution is 2.44. The third-order valence-corrected chi connectivity index (χ3v) is 7.78. The molecular weight excluding hydrogens is 370 g/mol. The first-order valence-corrected chi connectivity index (χ1v) is 11.5. The Morgan fingerprint density at radius 3 is 2.36 bits per heavy atom. The third-order valence-electron chi connectivity index (χ3n) is 6.14. The fourth-order valence-corrected chi connectivity index (χ4v) is 5.53. The molecule has 4 rings (SSSR count). The van der Waals surface area contributed by atoms with Crippen molar-refractivity contribution in [1.82, 2.24) is 14.7 Å². The van der Waals surface area contributed by atoms with Crippen molar-refractivity contribution in [3.63, 3.8) is 0 Å². The van der Waals surface area contributed by atoms with Crippen molar-refractivity contribution in [1.29, 1.82) is 0 Å².